The summed E-state index contributed by atoms with van der Waals surface area (Å²) in [7, 11) is -3.66. The number of halogens is 2. The maximum atomic E-state index is 12.6. The van der Waals surface area contributed by atoms with E-state index in [9.17, 15) is 8.42 Å². The van der Waals surface area contributed by atoms with Crippen molar-refractivity contribution in [3.63, 3.8) is 0 Å². The van der Waals surface area contributed by atoms with Gasteiger partial charge in [-0.1, -0.05) is 35.3 Å². The van der Waals surface area contributed by atoms with Gasteiger partial charge in [0.2, 0.25) is 10.0 Å². The predicted octanol–water partition coefficient (Wildman–Crippen LogP) is 4.52. The first-order chi connectivity index (χ1) is 10.1. The van der Waals surface area contributed by atoms with Gasteiger partial charge in [-0.2, -0.15) is 0 Å². The first-order valence-corrected chi connectivity index (χ1v) is 8.92. The van der Waals surface area contributed by atoms with Crippen molar-refractivity contribution >= 4 is 33.2 Å². The fourth-order valence-electron chi connectivity index (χ4n) is 2.10. The fraction of sp³-hybridized carbons (Fsp3) is 0.250. The molecule has 0 aromatic heterocycles. The van der Waals surface area contributed by atoms with Crippen molar-refractivity contribution in [1.82, 2.24) is 4.72 Å². The van der Waals surface area contributed by atoms with Crippen molar-refractivity contribution in [3.8, 4) is 0 Å². The molecule has 0 bridgehead atoms. The second kappa shape index (κ2) is 6.20. The Morgan fingerprint density at radius 3 is 2.14 bits per heavy atom. The summed E-state index contributed by atoms with van der Waals surface area (Å²) in [4.78, 5) is 0.191. The van der Waals surface area contributed by atoms with Crippen LogP contribution in [0.1, 0.15) is 25.0 Å². The van der Waals surface area contributed by atoms with Gasteiger partial charge in [0.15, 0.2) is 0 Å². The lowest BCUT2D eigenvalue weighted by atomic mass is 9.96. The molecule has 0 spiro atoms. The number of nitrogens with one attached hydrogen (secondary N) is 1. The number of rotatable bonds is 4. The molecule has 0 aliphatic heterocycles. The number of hydrogen-bond donors (Lipinski definition) is 1. The van der Waals surface area contributed by atoms with E-state index in [1.54, 1.807) is 57.2 Å². The van der Waals surface area contributed by atoms with E-state index in [2.05, 4.69) is 4.72 Å². The summed E-state index contributed by atoms with van der Waals surface area (Å²) in [5.74, 6) is 0. The van der Waals surface area contributed by atoms with Crippen LogP contribution in [0.15, 0.2) is 47.4 Å². The fourth-order valence-corrected chi connectivity index (χ4v) is 3.83. The topological polar surface area (TPSA) is 46.2 Å². The van der Waals surface area contributed by atoms with Gasteiger partial charge >= 0.3 is 0 Å². The average Bonchev–Trinajstić information content (AvgIpc) is 2.41. The highest BCUT2D eigenvalue weighted by Crippen LogP contribution is 2.26. The monoisotopic (exact) mass is 357 g/mol. The van der Waals surface area contributed by atoms with Crippen molar-refractivity contribution in [2.24, 2.45) is 0 Å². The van der Waals surface area contributed by atoms with E-state index in [-0.39, 0.29) is 4.90 Å². The number of benzene rings is 2. The molecular weight excluding hydrogens is 341 g/mol. The zero-order valence-corrected chi connectivity index (χ0v) is 14.9. The van der Waals surface area contributed by atoms with Gasteiger partial charge in [0.05, 0.1) is 10.4 Å². The highest BCUT2D eigenvalue weighted by molar-refractivity contribution is 7.89. The summed E-state index contributed by atoms with van der Waals surface area (Å²) < 4.78 is 27.9. The highest BCUT2D eigenvalue weighted by atomic mass is 35.5. The Morgan fingerprint density at radius 1 is 1.00 bits per heavy atom. The molecule has 3 nitrogen and oxygen atoms in total. The van der Waals surface area contributed by atoms with Crippen LogP contribution in [0.3, 0.4) is 0 Å². The summed E-state index contributed by atoms with van der Waals surface area (Å²) >= 11 is 11.8. The molecule has 0 aliphatic rings. The molecule has 2 rings (SSSR count). The van der Waals surface area contributed by atoms with E-state index >= 15 is 0 Å². The molecule has 118 valence electrons. The zero-order valence-electron chi connectivity index (χ0n) is 12.5. The van der Waals surface area contributed by atoms with Crippen LogP contribution in [0, 0.1) is 6.92 Å². The molecule has 0 unspecified atom stereocenters. The highest BCUT2D eigenvalue weighted by Gasteiger charge is 2.28. The number of sulfonamides is 1. The summed E-state index contributed by atoms with van der Waals surface area (Å²) in [6, 6.07) is 11.7. The van der Waals surface area contributed by atoms with Crippen LogP contribution in [-0.4, -0.2) is 8.42 Å². The average molecular weight is 358 g/mol. The Balaban J connectivity index is 2.34. The van der Waals surface area contributed by atoms with E-state index in [4.69, 9.17) is 23.2 Å². The van der Waals surface area contributed by atoms with Gasteiger partial charge in [0.25, 0.3) is 0 Å². The van der Waals surface area contributed by atoms with Gasteiger partial charge in [-0.15, -0.1) is 0 Å². The molecule has 0 amide bonds. The Labute approximate surface area is 141 Å². The largest absolute Gasteiger partial charge is 0.241 e. The Kier molecular flexibility index (Phi) is 4.87. The molecule has 0 aliphatic carbocycles. The summed E-state index contributed by atoms with van der Waals surface area (Å²) in [5.41, 5.74) is 0.775. The second-order valence-corrected chi connectivity index (χ2v) is 8.17. The van der Waals surface area contributed by atoms with Gasteiger partial charge in [-0.3, -0.25) is 0 Å². The van der Waals surface area contributed by atoms with E-state index in [0.717, 1.165) is 5.56 Å². The molecule has 0 saturated carbocycles. The third kappa shape index (κ3) is 3.82. The van der Waals surface area contributed by atoms with Crippen molar-refractivity contribution < 1.29 is 8.42 Å². The molecule has 6 heteroatoms. The molecule has 22 heavy (non-hydrogen) atoms. The van der Waals surface area contributed by atoms with E-state index < -0.39 is 15.6 Å². The maximum absolute atomic E-state index is 12.6. The zero-order chi connectivity index (χ0) is 16.5. The minimum atomic E-state index is -3.66. The van der Waals surface area contributed by atoms with E-state index in [1.165, 1.54) is 6.07 Å². The molecule has 0 radical (unpaired) electrons. The van der Waals surface area contributed by atoms with Crippen molar-refractivity contribution in [2.45, 2.75) is 31.2 Å². The molecule has 0 fully saturated rings. The summed E-state index contributed by atoms with van der Waals surface area (Å²) in [6.45, 7) is 5.37. The van der Waals surface area contributed by atoms with Crippen molar-refractivity contribution in [2.75, 3.05) is 0 Å². The second-order valence-electron chi connectivity index (χ2n) is 5.65. The van der Waals surface area contributed by atoms with E-state index in [0.29, 0.717) is 15.6 Å². The summed E-state index contributed by atoms with van der Waals surface area (Å²) in [6.07, 6.45) is 0. The third-order valence-electron chi connectivity index (χ3n) is 3.40. The van der Waals surface area contributed by atoms with Crippen LogP contribution in [0.25, 0.3) is 0 Å². The predicted molar refractivity (Wildman–Crippen MR) is 91.0 cm³/mol. The summed E-state index contributed by atoms with van der Waals surface area (Å²) in [5, 5.41) is 1.15. The third-order valence-corrected chi connectivity index (χ3v) is 5.72. The Hall–Kier alpha value is -1.07. The van der Waals surface area contributed by atoms with Crippen LogP contribution in [0.5, 0.6) is 0 Å². The van der Waals surface area contributed by atoms with Crippen LogP contribution in [0.2, 0.25) is 10.0 Å². The van der Waals surface area contributed by atoms with Gasteiger partial charge < -0.3 is 0 Å². The van der Waals surface area contributed by atoms with Crippen LogP contribution in [0.4, 0.5) is 0 Å². The van der Waals surface area contributed by atoms with Crippen LogP contribution < -0.4 is 4.72 Å². The standard InChI is InChI=1S/C16H17Cl2NO2S/c1-11-10-14(8-9-15(11)18)22(20,21)19-16(2,3)12-4-6-13(17)7-5-12/h4-10,19H,1-3H3. The minimum Gasteiger partial charge on any atom is -0.207 e. The Bertz CT molecular complexity index is 784. The number of hydrogen-bond acceptors (Lipinski definition) is 2. The molecule has 0 saturated heterocycles. The van der Waals surface area contributed by atoms with Crippen molar-refractivity contribution in [3.05, 3.63) is 63.6 Å². The molecule has 0 heterocycles. The van der Waals surface area contributed by atoms with Gasteiger partial charge in [0, 0.05) is 10.0 Å². The molecule has 0 atom stereocenters. The number of aryl methyl sites for hydroxylation is 1. The quantitative estimate of drug-likeness (QED) is 0.874. The molecule has 2 aromatic carbocycles. The lowest BCUT2D eigenvalue weighted by molar-refractivity contribution is 0.472. The minimum absolute atomic E-state index is 0.191. The SMILES string of the molecule is Cc1cc(S(=O)(=O)NC(C)(C)c2ccc(Cl)cc2)ccc1Cl. The normalized spacial score (nSPS) is 12.4. The van der Waals surface area contributed by atoms with Crippen LogP contribution in [-0.2, 0) is 15.6 Å². The van der Waals surface area contributed by atoms with E-state index in [1.807, 2.05) is 0 Å². The molecule has 1 N–H and O–H groups in total. The van der Waals surface area contributed by atoms with Gasteiger partial charge in [-0.05, 0) is 62.2 Å². The first kappa shape index (κ1) is 17.3. The van der Waals surface area contributed by atoms with Gasteiger partial charge in [-0.25, -0.2) is 13.1 Å². The van der Waals surface area contributed by atoms with Gasteiger partial charge in [0.1, 0.15) is 0 Å². The van der Waals surface area contributed by atoms with Crippen molar-refractivity contribution in [1.29, 1.82) is 0 Å². The first-order valence-electron chi connectivity index (χ1n) is 6.68. The lowest BCUT2D eigenvalue weighted by Crippen LogP contribution is -2.40. The smallest absolute Gasteiger partial charge is 0.207 e. The van der Waals surface area contributed by atoms with Crippen LogP contribution >= 0.6 is 23.2 Å². The molecular formula is C16H17Cl2NO2S. The maximum Gasteiger partial charge on any atom is 0.241 e. The Morgan fingerprint density at radius 2 is 1.59 bits per heavy atom. The lowest BCUT2D eigenvalue weighted by Gasteiger charge is -2.26. The molecule has 2 aromatic rings.